The SMILES string of the molecule is CCCC[C@@H]1CC=C(C2CCC(c3nc(S(=O)(=O)Nc4cc(F)c(C(=O)O)cc4OC)cs3)CC2)CC1. The standard InChI is InChI=1S/C27H35FN2O5S2/c1-3-4-5-17-6-8-18(9-7-17)19-10-12-20(13-11-19)26-29-25(16-36-26)37(33,34)30-23-15-22(28)21(27(31)32)14-24(23)35-2/h8,14-17,19-20,30H,3-7,9-13H2,1-2H3,(H,31,32)/t17-,19?,20?/m1/s1. The van der Waals surface area contributed by atoms with E-state index in [0.717, 1.165) is 48.7 Å². The molecule has 37 heavy (non-hydrogen) atoms. The van der Waals surface area contributed by atoms with Gasteiger partial charge in [-0.15, -0.1) is 11.3 Å². The summed E-state index contributed by atoms with van der Waals surface area (Å²) >= 11 is 1.33. The van der Waals surface area contributed by atoms with Gasteiger partial charge in [0.25, 0.3) is 10.0 Å². The summed E-state index contributed by atoms with van der Waals surface area (Å²) in [5, 5.41) is 11.3. The molecule has 1 saturated carbocycles. The molecule has 7 nitrogen and oxygen atoms in total. The molecule has 0 aliphatic heterocycles. The number of allylic oxidation sites excluding steroid dienone is 2. The van der Waals surface area contributed by atoms with Gasteiger partial charge in [-0.3, -0.25) is 4.72 Å². The highest BCUT2D eigenvalue weighted by Crippen LogP contribution is 2.43. The molecular formula is C27H35FN2O5S2. The molecule has 1 aromatic heterocycles. The number of unbranched alkanes of at least 4 members (excludes halogenated alkanes) is 1. The largest absolute Gasteiger partial charge is 0.495 e. The Morgan fingerprint density at radius 2 is 1.95 bits per heavy atom. The summed E-state index contributed by atoms with van der Waals surface area (Å²) in [5.74, 6) is -0.926. The second-order valence-electron chi connectivity index (χ2n) is 10.1. The molecule has 0 amide bonds. The number of benzene rings is 1. The second kappa shape index (κ2) is 11.9. The molecule has 0 unspecified atom stereocenters. The summed E-state index contributed by atoms with van der Waals surface area (Å²) in [4.78, 5) is 15.6. The summed E-state index contributed by atoms with van der Waals surface area (Å²) in [6.07, 6.45) is 14.3. The molecule has 4 rings (SSSR count). The molecule has 1 fully saturated rings. The van der Waals surface area contributed by atoms with Crippen LogP contribution in [0.25, 0.3) is 0 Å². The summed E-state index contributed by atoms with van der Waals surface area (Å²) in [7, 11) is -2.86. The van der Waals surface area contributed by atoms with Crippen LogP contribution in [-0.2, 0) is 10.0 Å². The molecule has 10 heteroatoms. The zero-order chi connectivity index (χ0) is 26.6. The van der Waals surface area contributed by atoms with Gasteiger partial charge in [0.05, 0.1) is 23.4 Å². The molecule has 2 aliphatic carbocycles. The van der Waals surface area contributed by atoms with E-state index in [4.69, 9.17) is 9.84 Å². The molecular weight excluding hydrogens is 515 g/mol. The van der Waals surface area contributed by atoms with Gasteiger partial charge < -0.3 is 9.84 Å². The van der Waals surface area contributed by atoms with Crippen molar-refractivity contribution in [1.29, 1.82) is 0 Å². The van der Waals surface area contributed by atoms with Crippen LogP contribution in [-0.4, -0.2) is 31.6 Å². The number of hydrogen-bond donors (Lipinski definition) is 2. The Labute approximate surface area is 222 Å². The number of carboxylic acids is 1. The first-order valence-electron chi connectivity index (χ1n) is 13.0. The Hall–Kier alpha value is -2.46. The van der Waals surface area contributed by atoms with Crippen molar-refractivity contribution < 1.29 is 27.4 Å². The number of hydrogen-bond acceptors (Lipinski definition) is 6. The van der Waals surface area contributed by atoms with Crippen LogP contribution in [0.15, 0.2) is 34.2 Å². The predicted octanol–water partition coefficient (Wildman–Crippen LogP) is 6.98. The number of anilines is 1. The van der Waals surface area contributed by atoms with Gasteiger partial charge in [-0.05, 0) is 62.8 Å². The van der Waals surface area contributed by atoms with Crippen molar-refractivity contribution in [3.63, 3.8) is 0 Å². The first-order chi connectivity index (χ1) is 17.7. The third-order valence-corrected chi connectivity index (χ3v) is 10.1. The summed E-state index contributed by atoms with van der Waals surface area (Å²) in [6.45, 7) is 2.25. The van der Waals surface area contributed by atoms with E-state index in [-0.39, 0.29) is 22.4 Å². The third-order valence-electron chi connectivity index (χ3n) is 7.66. The molecule has 2 aliphatic rings. The third kappa shape index (κ3) is 6.52. The van der Waals surface area contributed by atoms with E-state index in [1.807, 2.05) is 0 Å². The number of carbonyl (C=O) groups is 1. The molecule has 0 bridgehead atoms. The molecule has 2 N–H and O–H groups in total. The minimum absolute atomic E-state index is 0.0927. The minimum atomic E-state index is -4.11. The normalized spacial score (nSPS) is 22.4. The van der Waals surface area contributed by atoms with Crippen LogP contribution in [0.1, 0.15) is 92.4 Å². The lowest BCUT2D eigenvalue weighted by atomic mass is 9.74. The number of aromatic nitrogens is 1. The number of carboxylic acid groups (broad SMARTS) is 1. The summed E-state index contributed by atoms with van der Waals surface area (Å²) < 4.78 is 47.5. The van der Waals surface area contributed by atoms with Crippen LogP contribution >= 0.6 is 11.3 Å². The smallest absolute Gasteiger partial charge is 0.338 e. The van der Waals surface area contributed by atoms with Gasteiger partial charge >= 0.3 is 5.97 Å². The molecule has 202 valence electrons. The van der Waals surface area contributed by atoms with Crippen molar-refractivity contribution >= 4 is 33.0 Å². The van der Waals surface area contributed by atoms with Crippen LogP contribution in [0.4, 0.5) is 10.1 Å². The lowest BCUT2D eigenvalue weighted by Gasteiger charge is -2.32. The van der Waals surface area contributed by atoms with Gasteiger partial charge in [-0.25, -0.2) is 14.2 Å². The topological polar surface area (TPSA) is 106 Å². The fourth-order valence-corrected chi connectivity index (χ4v) is 7.83. The first kappa shape index (κ1) is 27.6. The highest BCUT2D eigenvalue weighted by Gasteiger charge is 2.30. The number of thiazole rings is 1. The Morgan fingerprint density at radius 1 is 1.22 bits per heavy atom. The fourth-order valence-electron chi connectivity index (χ4n) is 5.49. The number of sulfonamides is 1. The van der Waals surface area contributed by atoms with Crippen LogP contribution in [0.2, 0.25) is 0 Å². The molecule has 2 aromatic rings. The van der Waals surface area contributed by atoms with Crippen LogP contribution in [0.5, 0.6) is 5.75 Å². The molecule has 1 heterocycles. The zero-order valence-corrected chi connectivity index (χ0v) is 23.0. The number of nitrogens with one attached hydrogen (secondary N) is 1. The minimum Gasteiger partial charge on any atom is -0.495 e. The van der Waals surface area contributed by atoms with Crippen molar-refractivity contribution in [3.8, 4) is 5.75 Å². The van der Waals surface area contributed by atoms with E-state index >= 15 is 0 Å². The van der Waals surface area contributed by atoms with E-state index in [0.29, 0.717) is 5.92 Å². The van der Waals surface area contributed by atoms with Crippen LogP contribution in [0.3, 0.4) is 0 Å². The van der Waals surface area contributed by atoms with Gasteiger partial charge in [0, 0.05) is 17.4 Å². The second-order valence-corrected chi connectivity index (χ2v) is 12.6. The van der Waals surface area contributed by atoms with Gasteiger partial charge in [-0.1, -0.05) is 37.8 Å². The lowest BCUT2D eigenvalue weighted by Crippen LogP contribution is -2.18. The maximum absolute atomic E-state index is 14.2. The maximum Gasteiger partial charge on any atom is 0.338 e. The number of methoxy groups -OCH3 is 1. The van der Waals surface area contributed by atoms with E-state index in [9.17, 15) is 17.6 Å². The molecule has 0 saturated heterocycles. The first-order valence-corrected chi connectivity index (χ1v) is 15.4. The van der Waals surface area contributed by atoms with Gasteiger partial charge in [0.2, 0.25) is 0 Å². The van der Waals surface area contributed by atoms with Crippen LogP contribution in [0, 0.1) is 17.7 Å². The fraction of sp³-hybridized carbons (Fsp3) is 0.556. The van der Waals surface area contributed by atoms with Gasteiger partial charge in [-0.2, -0.15) is 8.42 Å². The van der Waals surface area contributed by atoms with Crippen molar-refractivity contribution in [2.24, 2.45) is 11.8 Å². The Balaban J connectivity index is 1.38. The number of aromatic carboxylic acids is 1. The Kier molecular flexibility index (Phi) is 8.90. The summed E-state index contributed by atoms with van der Waals surface area (Å²) in [6, 6.07) is 1.76. The molecule has 1 aromatic carbocycles. The number of nitrogens with zero attached hydrogens (tertiary/aromatic N) is 1. The monoisotopic (exact) mass is 550 g/mol. The highest BCUT2D eigenvalue weighted by atomic mass is 32.2. The lowest BCUT2D eigenvalue weighted by molar-refractivity contribution is 0.0691. The van der Waals surface area contributed by atoms with Gasteiger partial charge in [0.1, 0.15) is 11.6 Å². The number of rotatable bonds is 10. The molecule has 0 spiro atoms. The zero-order valence-electron chi connectivity index (χ0n) is 21.3. The van der Waals surface area contributed by atoms with E-state index in [1.165, 1.54) is 62.4 Å². The highest BCUT2D eigenvalue weighted by molar-refractivity contribution is 7.92. The Bertz CT molecular complexity index is 1250. The predicted molar refractivity (Wildman–Crippen MR) is 142 cm³/mol. The van der Waals surface area contributed by atoms with E-state index in [1.54, 1.807) is 5.57 Å². The number of ether oxygens (including phenoxy) is 1. The van der Waals surface area contributed by atoms with Crippen molar-refractivity contribution in [2.75, 3.05) is 11.8 Å². The average molecular weight is 551 g/mol. The van der Waals surface area contributed by atoms with E-state index < -0.39 is 27.4 Å². The maximum atomic E-state index is 14.2. The quantitative estimate of drug-likeness (QED) is 0.309. The Morgan fingerprint density at radius 3 is 2.57 bits per heavy atom. The van der Waals surface area contributed by atoms with Crippen LogP contribution < -0.4 is 9.46 Å². The van der Waals surface area contributed by atoms with Gasteiger partial charge in [0.15, 0.2) is 5.03 Å². The van der Waals surface area contributed by atoms with E-state index in [2.05, 4.69) is 22.7 Å². The van der Waals surface area contributed by atoms with Crippen molar-refractivity contribution in [1.82, 2.24) is 4.98 Å². The average Bonchev–Trinajstić information content (AvgIpc) is 3.39. The van der Waals surface area contributed by atoms with Crippen molar-refractivity contribution in [2.45, 2.75) is 82.1 Å². The van der Waals surface area contributed by atoms with Crippen molar-refractivity contribution in [3.05, 3.63) is 45.6 Å². The molecule has 1 atom stereocenters. The molecule has 0 radical (unpaired) electrons. The summed E-state index contributed by atoms with van der Waals surface area (Å²) in [5.41, 5.74) is 0.831. The number of halogens is 1.